The molecule has 3 N–H and O–H groups in total. The van der Waals surface area contributed by atoms with E-state index in [2.05, 4.69) is 35.1 Å². The predicted octanol–water partition coefficient (Wildman–Crippen LogP) is 2.79. The van der Waals surface area contributed by atoms with E-state index in [9.17, 15) is 13.2 Å². The number of morpholine rings is 1. The Bertz CT molecular complexity index is 950. The van der Waals surface area contributed by atoms with Crippen LogP contribution in [0.2, 0.25) is 0 Å². The standard InChI is InChI=1S/C20H25F3N8O2.H2/c21-20(22,23)13-10-25-18(26-11-13)28-14-1-3-15(4-2-14)33-19-29-16(27-12-24)9-17(30-19)31-5-7-32-8-6-31;/h9-12,14-15H,1-8H2,(H,25,26,28)(H2,24,27,29,30);1H. The van der Waals surface area contributed by atoms with Gasteiger partial charge in [-0.05, 0) is 25.7 Å². The largest absolute Gasteiger partial charge is 0.460 e. The van der Waals surface area contributed by atoms with Gasteiger partial charge in [-0.3, -0.25) is 0 Å². The van der Waals surface area contributed by atoms with Gasteiger partial charge in [0, 0.05) is 39.0 Å². The van der Waals surface area contributed by atoms with Crippen molar-refractivity contribution in [2.75, 3.05) is 36.5 Å². The number of aromatic nitrogens is 4. The first-order valence-electron chi connectivity index (χ1n) is 10.7. The van der Waals surface area contributed by atoms with Gasteiger partial charge < -0.3 is 25.4 Å². The first-order chi connectivity index (χ1) is 15.9. The number of alkyl halides is 3. The van der Waals surface area contributed by atoms with Gasteiger partial charge in [0.15, 0.2) is 5.82 Å². The number of nitrogens with two attached hydrogens (primary N) is 1. The molecule has 1 saturated heterocycles. The lowest BCUT2D eigenvalue weighted by atomic mass is 9.93. The highest BCUT2D eigenvalue weighted by molar-refractivity contribution is 5.59. The van der Waals surface area contributed by atoms with Gasteiger partial charge in [-0.25, -0.2) is 15.0 Å². The number of hydrogen-bond acceptors (Lipinski definition) is 9. The summed E-state index contributed by atoms with van der Waals surface area (Å²) in [4.78, 5) is 22.6. The van der Waals surface area contributed by atoms with E-state index in [4.69, 9.17) is 15.2 Å². The van der Waals surface area contributed by atoms with Crippen molar-refractivity contribution in [1.82, 2.24) is 19.9 Å². The molecule has 10 nitrogen and oxygen atoms in total. The van der Waals surface area contributed by atoms with Crippen molar-refractivity contribution >= 4 is 23.9 Å². The average molecular weight is 468 g/mol. The zero-order valence-electron chi connectivity index (χ0n) is 17.8. The van der Waals surface area contributed by atoms with Crippen molar-refractivity contribution in [2.45, 2.75) is 44.0 Å². The Labute approximate surface area is 189 Å². The zero-order chi connectivity index (χ0) is 23.3. The second-order valence-corrected chi connectivity index (χ2v) is 7.77. The van der Waals surface area contributed by atoms with Gasteiger partial charge in [-0.15, -0.1) is 0 Å². The highest BCUT2D eigenvalue weighted by Gasteiger charge is 2.31. The maximum absolute atomic E-state index is 12.7. The van der Waals surface area contributed by atoms with Crippen LogP contribution in [0.5, 0.6) is 6.01 Å². The SMILES string of the molecule is N/C=N\c1cc(N2CCOCC2)nc(OC2CCC(Nc3ncc(C(F)(F)F)cn3)CC2)n1.[HH]. The summed E-state index contributed by atoms with van der Waals surface area (Å²) in [6.45, 7) is 2.67. The molecule has 1 saturated carbocycles. The lowest BCUT2D eigenvalue weighted by molar-refractivity contribution is -0.138. The number of hydrogen-bond donors (Lipinski definition) is 2. The van der Waals surface area contributed by atoms with Crippen molar-refractivity contribution in [3.63, 3.8) is 0 Å². The van der Waals surface area contributed by atoms with Crippen LogP contribution in [0.1, 0.15) is 32.7 Å². The predicted molar refractivity (Wildman–Crippen MR) is 117 cm³/mol. The van der Waals surface area contributed by atoms with E-state index in [-0.39, 0.29) is 25.5 Å². The van der Waals surface area contributed by atoms with Crippen LogP contribution in [0.15, 0.2) is 23.5 Å². The quantitative estimate of drug-likeness (QED) is 0.486. The van der Waals surface area contributed by atoms with Crippen LogP contribution >= 0.6 is 0 Å². The second kappa shape index (κ2) is 10.1. The van der Waals surface area contributed by atoms with E-state index in [0.717, 1.165) is 38.1 Å². The number of anilines is 2. The maximum atomic E-state index is 12.7. The van der Waals surface area contributed by atoms with E-state index in [1.54, 1.807) is 6.07 Å². The van der Waals surface area contributed by atoms with Crippen molar-refractivity contribution in [1.29, 1.82) is 0 Å². The fourth-order valence-corrected chi connectivity index (χ4v) is 3.76. The van der Waals surface area contributed by atoms with Crippen LogP contribution in [0, 0.1) is 0 Å². The number of rotatable bonds is 6. The van der Waals surface area contributed by atoms with Gasteiger partial charge >= 0.3 is 12.2 Å². The Hall–Kier alpha value is -3.22. The van der Waals surface area contributed by atoms with E-state index in [1.807, 2.05) is 0 Å². The van der Waals surface area contributed by atoms with Crippen LogP contribution in [0.3, 0.4) is 0 Å². The van der Waals surface area contributed by atoms with Gasteiger partial charge in [-0.1, -0.05) is 0 Å². The topological polar surface area (TPSA) is 124 Å². The van der Waals surface area contributed by atoms with Gasteiger partial charge in [0.2, 0.25) is 5.95 Å². The highest BCUT2D eigenvalue weighted by atomic mass is 19.4. The minimum atomic E-state index is -4.45. The van der Waals surface area contributed by atoms with Crippen molar-refractivity contribution in [2.24, 2.45) is 10.7 Å². The van der Waals surface area contributed by atoms with Gasteiger partial charge in [0.25, 0.3) is 0 Å². The normalized spacial score (nSPS) is 21.8. The fraction of sp³-hybridized carbons (Fsp3) is 0.550. The van der Waals surface area contributed by atoms with Crippen LogP contribution in [-0.2, 0) is 10.9 Å². The summed E-state index contributed by atoms with van der Waals surface area (Å²) in [6, 6.07) is 2.04. The summed E-state index contributed by atoms with van der Waals surface area (Å²) in [7, 11) is 0. The third-order valence-corrected chi connectivity index (χ3v) is 5.48. The van der Waals surface area contributed by atoms with E-state index < -0.39 is 11.7 Å². The van der Waals surface area contributed by atoms with Crippen molar-refractivity contribution in [3.8, 4) is 6.01 Å². The number of halogens is 3. The minimum Gasteiger partial charge on any atom is -0.460 e. The molecule has 3 heterocycles. The Morgan fingerprint density at radius 1 is 1.15 bits per heavy atom. The molecule has 4 rings (SSSR count). The van der Waals surface area contributed by atoms with Gasteiger partial charge in [0.05, 0.1) is 25.1 Å². The number of aliphatic imine (C=N–C) groups is 1. The Balaban J connectivity index is 0.00000324. The highest BCUT2D eigenvalue weighted by Crippen LogP contribution is 2.29. The molecule has 2 aliphatic rings. The first-order valence-corrected chi connectivity index (χ1v) is 10.7. The van der Waals surface area contributed by atoms with E-state index in [0.29, 0.717) is 37.9 Å². The molecule has 0 amide bonds. The Morgan fingerprint density at radius 2 is 1.85 bits per heavy atom. The molecule has 0 unspecified atom stereocenters. The average Bonchev–Trinajstić information content (AvgIpc) is 2.81. The molecule has 2 fully saturated rings. The molecule has 2 aromatic heterocycles. The molecule has 1 aliphatic heterocycles. The number of nitrogens with one attached hydrogen (secondary N) is 1. The summed E-state index contributed by atoms with van der Waals surface area (Å²) >= 11 is 0. The Morgan fingerprint density at radius 3 is 2.48 bits per heavy atom. The molecule has 0 radical (unpaired) electrons. The van der Waals surface area contributed by atoms with Crippen molar-refractivity contribution in [3.05, 3.63) is 24.0 Å². The second-order valence-electron chi connectivity index (χ2n) is 7.77. The van der Waals surface area contributed by atoms with E-state index >= 15 is 0 Å². The lowest BCUT2D eigenvalue weighted by Gasteiger charge is -2.30. The summed E-state index contributed by atoms with van der Waals surface area (Å²) in [5.74, 6) is 1.30. The molecule has 0 atom stereocenters. The van der Waals surface area contributed by atoms with Crippen LogP contribution in [0.4, 0.5) is 30.8 Å². The molecule has 1 aliphatic carbocycles. The molecule has 13 heteroatoms. The fourth-order valence-electron chi connectivity index (χ4n) is 3.76. The summed E-state index contributed by atoms with van der Waals surface area (Å²) < 4.78 is 49.4. The molecule has 33 heavy (non-hydrogen) atoms. The number of nitrogens with zero attached hydrogens (tertiary/aromatic N) is 6. The maximum Gasteiger partial charge on any atom is 0.419 e. The lowest BCUT2D eigenvalue weighted by Crippen LogP contribution is -2.37. The summed E-state index contributed by atoms with van der Waals surface area (Å²) in [6.07, 6.45) is 1.12. The first kappa shape index (κ1) is 23.0. The van der Waals surface area contributed by atoms with Crippen molar-refractivity contribution < 1.29 is 24.1 Å². The summed E-state index contributed by atoms with van der Waals surface area (Å²) in [5, 5.41) is 3.09. The molecule has 180 valence electrons. The van der Waals surface area contributed by atoms with Gasteiger partial charge in [0.1, 0.15) is 11.9 Å². The molecular formula is C20H27F3N8O2. The molecule has 0 aromatic carbocycles. The van der Waals surface area contributed by atoms with Crippen LogP contribution in [-0.4, -0.2) is 64.7 Å². The number of ether oxygens (including phenoxy) is 2. The molecule has 0 spiro atoms. The third kappa shape index (κ3) is 6.18. The monoisotopic (exact) mass is 468 g/mol. The zero-order valence-corrected chi connectivity index (χ0v) is 17.8. The molecule has 0 bridgehead atoms. The minimum absolute atomic E-state index is 0. The molecule has 2 aromatic rings. The Kier molecular flexibility index (Phi) is 7.06. The molecular weight excluding hydrogens is 441 g/mol. The summed E-state index contributed by atoms with van der Waals surface area (Å²) in [5.41, 5.74) is 4.56. The third-order valence-electron chi connectivity index (χ3n) is 5.48. The van der Waals surface area contributed by atoms with Crippen LogP contribution in [0.25, 0.3) is 0 Å². The van der Waals surface area contributed by atoms with E-state index in [1.165, 1.54) is 6.34 Å². The van der Waals surface area contributed by atoms with Gasteiger partial charge in [-0.2, -0.15) is 23.1 Å². The van der Waals surface area contributed by atoms with Crippen LogP contribution < -0.4 is 20.7 Å². The smallest absolute Gasteiger partial charge is 0.419 e.